The van der Waals surface area contributed by atoms with Gasteiger partial charge in [0, 0.05) is 27.8 Å². The van der Waals surface area contributed by atoms with Crippen molar-refractivity contribution in [1.29, 1.82) is 0 Å². The number of halogens is 2. The Morgan fingerprint density at radius 2 is 1.85 bits per heavy atom. The monoisotopic (exact) mass is 387 g/mol. The number of rotatable bonds is 5. The van der Waals surface area contributed by atoms with Gasteiger partial charge in [-0.3, -0.25) is 4.79 Å². The minimum Gasteiger partial charge on any atom is -0.352 e. The summed E-state index contributed by atoms with van der Waals surface area (Å²) in [5, 5.41) is 8.65. The fourth-order valence-corrected chi connectivity index (χ4v) is 3.23. The summed E-state index contributed by atoms with van der Waals surface area (Å²) in [6.07, 6.45) is 0.267. The SMILES string of the molecule is Cc1nn(-c2ccccc2)c(C)c1CC(=O)NCc1cc(Cl)ccc1Cl. The van der Waals surface area contributed by atoms with Gasteiger partial charge in [0.05, 0.1) is 17.8 Å². The largest absolute Gasteiger partial charge is 0.352 e. The molecule has 1 N–H and O–H groups in total. The highest BCUT2D eigenvalue weighted by Crippen LogP contribution is 2.21. The topological polar surface area (TPSA) is 46.9 Å². The van der Waals surface area contributed by atoms with Crippen LogP contribution in [-0.2, 0) is 17.8 Å². The highest BCUT2D eigenvalue weighted by molar-refractivity contribution is 6.33. The standard InChI is InChI=1S/C20H19Cl2N3O/c1-13-18(14(2)25(24-13)17-6-4-3-5-7-17)11-20(26)23-12-15-10-16(21)8-9-19(15)22/h3-10H,11-12H2,1-2H3,(H,23,26). The number of carbonyl (C=O) groups is 1. The number of amides is 1. The van der Waals surface area contributed by atoms with Gasteiger partial charge in [0.15, 0.2) is 0 Å². The lowest BCUT2D eigenvalue weighted by molar-refractivity contribution is -0.120. The number of carbonyl (C=O) groups excluding carboxylic acids is 1. The van der Waals surface area contributed by atoms with Gasteiger partial charge in [0.2, 0.25) is 5.91 Å². The molecule has 6 heteroatoms. The second-order valence-corrected chi connectivity index (χ2v) is 6.93. The minimum atomic E-state index is -0.0835. The van der Waals surface area contributed by atoms with E-state index in [1.807, 2.05) is 48.9 Å². The van der Waals surface area contributed by atoms with Gasteiger partial charge in [-0.15, -0.1) is 0 Å². The predicted molar refractivity (Wildman–Crippen MR) is 105 cm³/mol. The number of hydrogen-bond acceptors (Lipinski definition) is 2. The first-order chi connectivity index (χ1) is 12.5. The molecule has 3 rings (SSSR count). The predicted octanol–water partition coefficient (Wildman–Crippen LogP) is 4.65. The molecule has 0 spiro atoms. The average molecular weight is 388 g/mol. The number of nitrogens with zero attached hydrogens (tertiary/aromatic N) is 2. The van der Waals surface area contributed by atoms with Crippen molar-refractivity contribution in [2.45, 2.75) is 26.8 Å². The number of nitrogens with one attached hydrogen (secondary N) is 1. The van der Waals surface area contributed by atoms with Crippen LogP contribution in [-0.4, -0.2) is 15.7 Å². The third-order valence-electron chi connectivity index (χ3n) is 4.26. The summed E-state index contributed by atoms with van der Waals surface area (Å²) in [7, 11) is 0. The second-order valence-electron chi connectivity index (χ2n) is 6.09. The van der Waals surface area contributed by atoms with Crippen molar-refractivity contribution >= 4 is 29.1 Å². The van der Waals surface area contributed by atoms with Crippen LogP contribution in [0.3, 0.4) is 0 Å². The molecule has 1 amide bonds. The maximum atomic E-state index is 12.4. The Labute approximate surface area is 162 Å². The number of para-hydroxylation sites is 1. The zero-order valence-corrected chi connectivity index (χ0v) is 16.1. The highest BCUT2D eigenvalue weighted by Gasteiger charge is 2.16. The zero-order chi connectivity index (χ0) is 18.7. The molecule has 0 radical (unpaired) electrons. The maximum absolute atomic E-state index is 12.4. The zero-order valence-electron chi connectivity index (χ0n) is 14.6. The van der Waals surface area contributed by atoms with Gasteiger partial charge in [0.25, 0.3) is 0 Å². The van der Waals surface area contributed by atoms with E-state index >= 15 is 0 Å². The minimum absolute atomic E-state index is 0.0835. The van der Waals surface area contributed by atoms with E-state index in [-0.39, 0.29) is 12.3 Å². The summed E-state index contributed by atoms with van der Waals surface area (Å²) in [4.78, 5) is 12.4. The Bertz CT molecular complexity index is 936. The van der Waals surface area contributed by atoms with Crippen molar-refractivity contribution in [3.8, 4) is 5.69 Å². The molecule has 0 fully saturated rings. The number of aryl methyl sites for hydroxylation is 1. The van der Waals surface area contributed by atoms with Crippen LogP contribution in [0, 0.1) is 13.8 Å². The van der Waals surface area contributed by atoms with E-state index in [0.717, 1.165) is 28.2 Å². The third kappa shape index (κ3) is 4.09. The third-order valence-corrected chi connectivity index (χ3v) is 4.87. The molecule has 0 aliphatic carbocycles. The van der Waals surface area contributed by atoms with E-state index in [1.165, 1.54) is 0 Å². The first-order valence-corrected chi connectivity index (χ1v) is 9.02. The quantitative estimate of drug-likeness (QED) is 0.691. The first-order valence-electron chi connectivity index (χ1n) is 8.27. The van der Waals surface area contributed by atoms with Crippen LogP contribution in [0.15, 0.2) is 48.5 Å². The summed E-state index contributed by atoms with van der Waals surface area (Å²) >= 11 is 12.1. The molecule has 0 aliphatic heterocycles. The fraction of sp³-hybridized carbons (Fsp3) is 0.200. The van der Waals surface area contributed by atoms with Crippen LogP contribution in [0.1, 0.15) is 22.5 Å². The summed E-state index contributed by atoms with van der Waals surface area (Å²) in [5.41, 5.74) is 4.52. The van der Waals surface area contributed by atoms with Gasteiger partial charge in [-0.2, -0.15) is 5.10 Å². The van der Waals surface area contributed by atoms with Crippen molar-refractivity contribution < 1.29 is 4.79 Å². The molecule has 26 heavy (non-hydrogen) atoms. The van der Waals surface area contributed by atoms with Crippen LogP contribution in [0.2, 0.25) is 10.0 Å². The second kappa shape index (κ2) is 7.94. The normalized spacial score (nSPS) is 10.8. The van der Waals surface area contributed by atoms with Gasteiger partial charge >= 0.3 is 0 Å². The molecule has 0 aliphatic rings. The molecule has 0 saturated heterocycles. The van der Waals surface area contributed by atoms with Crippen LogP contribution in [0.4, 0.5) is 0 Å². The molecule has 0 atom stereocenters. The van der Waals surface area contributed by atoms with Crippen molar-refractivity contribution in [3.05, 3.63) is 81.1 Å². The van der Waals surface area contributed by atoms with Crippen molar-refractivity contribution in [1.82, 2.24) is 15.1 Å². The van der Waals surface area contributed by atoms with Crippen molar-refractivity contribution in [3.63, 3.8) is 0 Å². The van der Waals surface area contributed by atoms with E-state index in [2.05, 4.69) is 10.4 Å². The summed E-state index contributed by atoms with van der Waals surface area (Å²) in [5.74, 6) is -0.0835. The molecule has 2 aromatic carbocycles. The molecule has 0 saturated carbocycles. The fourth-order valence-electron chi connectivity index (χ4n) is 2.85. The van der Waals surface area contributed by atoms with Crippen molar-refractivity contribution in [2.75, 3.05) is 0 Å². The Hall–Kier alpha value is -2.30. The molecule has 4 nitrogen and oxygen atoms in total. The summed E-state index contributed by atoms with van der Waals surface area (Å²) < 4.78 is 1.87. The lowest BCUT2D eigenvalue weighted by Crippen LogP contribution is -2.25. The van der Waals surface area contributed by atoms with Gasteiger partial charge in [-0.05, 0) is 49.7 Å². The summed E-state index contributed by atoms with van der Waals surface area (Å²) in [6, 6.07) is 15.1. The Kier molecular flexibility index (Phi) is 5.64. The summed E-state index contributed by atoms with van der Waals surface area (Å²) in [6.45, 7) is 4.23. The molecular weight excluding hydrogens is 369 g/mol. The maximum Gasteiger partial charge on any atom is 0.224 e. The Morgan fingerprint density at radius 1 is 1.12 bits per heavy atom. The first kappa shape index (κ1) is 18.5. The van der Waals surface area contributed by atoms with E-state index in [1.54, 1.807) is 18.2 Å². The van der Waals surface area contributed by atoms with E-state index in [4.69, 9.17) is 23.2 Å². The van der Waals surface area contributed by atoms with Gasteiger partial charge < -0.3 is 5.32 Å². The Balaban J connectivity index is 1.72. The highest BCUT2D eigenvalue weighted by atomic mass is 35.5. The van der Waals surface area contributed by atoms with E-state index < -0.39 is 0 Å². The van der Waals surface area contributed by atoms with Gasteiger partial charge in [-0.1, -0.05) is 41.4 Å². The number of hydrogen-bond donors (Lipinski definition) is 1. The lowest BCUT2D eigenvalue weighted by atomic mass is 10.1. The average Bonchev–Trinajstić information content (AvgIpc) is 2.91. The van der Waals surface area contributed by atoms with Crippen LogP contribution < -0.4 is 5.32 Å². The molecular formula is C20H19Cl2N3O. The molecule has 0 bridgehead atoms. The van der Waals surface area contributed by atoms with Crippen LogP contribution in [0.5, 0.6) is 0 Å². The van der Waals surface area contributed by atoms with Gasteiger partial charge in [0.1, 0.15) is 0 Å². The molecule has 0 unspecified atom stereocenters. The molecule has 3 aromatic rings. The number of aromatic nitrogens is 2. The van der Waals surface area contributed by atoms with E-state index in [0.29, 0.717) is 16.6 Å². The molecule has 1 aromatic heterocycles. The number of benzene rings is 2. The van der Waals surface area contributed by atoms with Crippen LogP contribution in [0.25, 0.3) is 5.69 Å². The van der Waals surface area contributed by atoms with E-state index in [9.17, 15) is 4.79 Å². The van der Waals surface area contributed by atoms with Gasteiger partial charge in [-0.25, -0.2) is 4.68 Å². The molecule has 134 valence electrons. The Morgan fingerprint density at radius 3 is 2.58 bits per heavy atom. The lowest BCUT2D eigenvalue weighted by Gasteiger charge is -2.08. The van der Waals surface area contributed by atoms with Crippen molar-refractivity contribution in [2.24, 2.45) is 0 Å². The van der Waals surface area contributed by atoms with Crippen LogP contribution >= 0.6 is 23.2 Å². The molecule has 1 heterocycles. The smallest absolute Gasteiger partial charge is 0.224 e.